The van der Waals surface area contributed by atoms with Crippen LogP contribution in [0.1, 0.15) is 21.3 Å². The van der Waals surface area contributed by atoms with Crippen LogP contribution in [0, 0.1) is 13.8 Å². The first-order valence-corrected chi connectivity index (χ1v) is 7.82. The summed E-state index contributed by atoms with van der Waals surface area (Å²) in [5.74, 6) is 1.55. The molecule has 104 valence electrons. The van der Waals surface area contributed by atoms with Crippen molar-refractivity contribution in [3.63, 3.8) is 0 Å². The molecule has 0 bridgehead atoms. The lowest BCUT2D eigenvalue weighted by Gasteiger charge is -2.05. The fourth-order valence-electron chi connectivity index (χ4n) is 2.26. The third kappa shape index (κ3) is 2.43. The van der Waals surface area contributed by atoms with Crippen molar-refractivity contribution in [1.29, 1.82) is 0 Å². The molecule has 0 amide bonds. The van der Waals surface area contributed by atoms with E-state index in [0.717, 1.165) is 40.5 Å². The molecule has 0 N–H and O–H groups in total. The molecule has 0 saturated heterocycles. The lowest BCUT2D eigenvalue weighted by Crippen LogP contribution is -2.05. The molecule has 0 spiro atoms. The van der Waals surface area contributed by atoms with Crippen molar-refractivity contribution >= 4 is 34.1 Å². The van der Waals surface area contributed by atoms with Crippen LogP contribution in [-0.2, 0) is 13.0 Å². The van der Waals surface area contributed by atoms with Crippen molar-refractivity contribution in [1.82, 2.24) is 19.5 Å². The van der Waals surface area contributed by atoms with Crippen LogP contribution >= 0.6 is 22.9 Å². The van der Waals surface area contributed by atoms with Crippen LogP contribution in [0.15, 0.2) is 18.5 Å². The van der Waals surface area contributed by atoms with E-state index in [4.69, 9.17) is 16.6 Å². The molecule has 3 aromatic heterocycles. The van der Waals surface area contributed by atoms with Gasteiger partial charge in [0.2, 0.25) is 0 Å². The highest BCUT2D eigenvalue weighted by atomic mass is 35.5. The third-order valence-corrected chi connectivity index (χ3v) is 4.30. The average molecular weight is 307 g/mol. The molecule has 0 saturated carbocycles. The van der Waals surface area contributed by atoms with E-state index in [2.05, 4.69) is 21.5 Å². The Morgan fingerprint density at radius 3 is 2.85 bits per heavy atom. The van der Waals surface area contributed by atoms with E-state index in [-0.39, 0.29) is 0 Å². The number of imidazole rings is 1. The van der Waals surface area contributed by atoms with Crippen LogP contribution in [0.3, 0.4) is 0 Å². The Labute approximate surface area is 126 Å². The summed E-state index contributed by atoms with van der Waals surface area (Å²) < 4.78 is 2.15. The fraction of sp³-hybridized carbons (Fsp3) is 0.357. The van der Waals surface area contributed by atoms with Crippen molar-refractivity contribution in [3.05, 3.63) is 39.7 Å². The minimum atomic E-state index is 0.560. The first-order valence-electron chi connectivity index (χ1n) is 6.47. The minimum absolute atomic E-state index is 0.560. The molecule has 0 fully saturated rings. The van der Waals surface area contributed by atoms with Gasteiger partial charge < -0.3 is 4.57 Å². The lowest BCUT2D eigenvalue weighted by atomic mass is 10.3. The normalized spacial score (nSPS) is 11.3. The first kappa shape index (κ1) is 13.5. The van der Waals surface area contributed by atoms with E-state index in [0.29, 0.717) is 5.88 Å². The maximum absolute atomic E-state index is 5.90. The Morgan fingerprint density at radius 2 is 2.15 bits per heavy atom. The molecule has 0 radical (unpaired) electrons. The Balaban J connectivity index is 2.11. The van der Waals surface area contributed by atoms with Crippen LogP contribution in [-0.4, -0.2) is 25.4 Å². The Hall–Kier alpha value is -1.46. The van der Waals surface area contributed by atoms with Crippen molar-refractivity contribution in [2.24, 2.45) is 0 Å². The predicted octanol–water partition coefficient (Wildman–Crippen LogP) is 3.33. The molecular formula is C14H15ClN4S. The van der Waals surface area contributed by atoms with E-state index >= 15 is 0 Å². The van der Waals surface area contributed by atoms with Crippen LogP contribution < -0.4 is 0 Å². The lowest BCUT2D eigenvalue weighted by molar-refractivity contribution is 0.755. The third-order valence-electron chi connectivity index (χ3n) is 3.22. The molecule has 20 heavy (non-hydrogen) atoms. The molecule has 0 aliphatic heterocycles. The molecule has 0 aliphatic carbocycles. The maximum Gasteiger partial charge on any atom is 0.160 e. The van der Waals surface area contributed by atoms with Gasteiger partial charge in [-0.15, -0.1) is 22.9 Å². The van der Waals surface area contributed by atoms with Gasteiger partial charge in [-0.25, -0.2) is 15.0 Å². The molecule has 3 aromatic rings. The summed E-state index contributed by atoms with van der Waals surface area (Å²) in [6.07, 6.45) is 4.50. The summed E-state index contributed by atoms with van der Waals surface area (Å²) in [5, 5.41) is 1.08. The topological polar surface area (TPSA) is 43.6 Å². The predicted molar refractivity (Wildman–Crippen MR) is 82.6 cm³/mol. The van der Waals surface area contributed by atoms with Gasteiger partial charge in [0.1, 0.15) is 11.3 Å². The molecule has 0 unspecified atom stereocenters. The number of hydrogen-bond acceptors (Lipinski definition) is 4. The van der Waals surface area contributed by atoms with E-state index in [1.54, 1.807) is 11.3 Å². The number of nitrogens with zero attached hydrogens (tertiary/aromatic N) is 4. The number of alkyl halides is 1. The number of halogens is 1. The number of rotatable bonds is 4. The van der Waals surface area contributed by atoms with E-state index in [1.807, 2.05) is 25.4 Å². The second-order valence-electron chi connectivity index (χ2n) is 4.70. The first-order chi connectivity index (χ1) is 9.69. The number of aromatic nitrogens is 4. The van der Waals surface area contributed by atoms with Crippen LogP contribution in [0.5, 0.6) is 0 Å². The molecule has 0 atom stereocenters. The highest BCUT2D eigenvalue weighted by Crippen LogP contribution is 2.21. The van der Waals surface area contributed by atoms with Crippen LogP contribution in [0.25, 0.3) is 11.2 Å². The van der Waals surface area contributed by atoms with Crippen molar-refractivity contribution < 1.29 is 0 Å². The Kier molecular flexibility index (Phi) is 3.72. The van der Waals surface area contributed by atoms with Gasteiger partial charge in [-0.2, -0.15) is 0 Å². The highest BCUT2D eigenvalue weighted by Gasteiger charge is 2.14. The standard InChI is InChI=1S/C14H15ClN4S/c1-9-4-6-16-14-13(9)18-12(3-5-15)19(14)8-11-7-17-10(2)20-11/h4,6-7H,3,5,8H2,1-2H3. The fourth-order valence-corrected chi connectivity index (χ4v) is 3.21. The summed E-state index contributed by atoms with van der Waals surface area (Å²) in [7, 11) is 0. The Bertz CT molecular complexity index is 747. The molecular weight excluding hydrogens is 292 g/mol. The SMILES string of the molecule is Cc1ncc(Cn2c(CCCl)nc3c(C)ccnc32)s1. The largest absolute Gasteiger partial charge is 0.307 e. The molecule has 0 aliphatic rings. The summed E-state index contributed by atoms with van der Waals surface area (Å²) in [4.78, 5) is 14.7. The molecule has 3 rings (SSSR count). The Morgan fingerprint density at radius 1 is 1.30 bits per heavy atom. The van der Waals surface area contributed by atoms with Crippen LogP contribution in [0.2, 0.25) is 0 Å². The average Bonchev–Trinajstić information content (AvgIpc) is 2.97. The number of aryl methyl sites for hydroxylation is 3. The van der Waals surface area contributed by atoms with Crippen molar-refractivity contribution in [2.75, 3.05) is 5.88 Å². The maximum atomic E-state index is 5.90. The number of pyridine rings is 1. The second-order valence-corrected chi connectivity index (χ2v) is 6.40. The number of thiazole rings is 1. The quantitative estimate of drug-likeness (QED) is 0.694. The zero-order valence-electron chi connectivity index (χ0n) is 11.4. The second kappa shape index (κ2) is 5.50. The molecule has 6 heteroatoms. The van der Waals surface area contributed by atoms with Gasteiger partial charge >= 0.3 is 0 Å². The van der Waals surface area contributed by atoms with Gasteiger partial charge in [-0.05, 0) is 25.5 Å². The summed E-state index contributed by atoms with van der Waals surface area (Å²) in [6, 6.07) is 1.99. The van der Waals surface area contributed by atoms with Crippen molar-refractivity contribution in [3.8, 4) is 0 Å². The number of hydrogen-bond donors (Lipinski definition) is 0. The van der Waals surface area contributed by atoms with Gasteiger partial charge in [0.15, 0.2) is 5.65 Å². The van der Waals surface area contributed by atoms with Gasteiger partial charge in [-0.3, -0.25) is 0 Å². The molecule has 4 nitrogen and oxygen atoms in total. The zero-order valence-corrected chi connectivity index (χ0v) is 13.0. The smallest absolute Gasteiger partial charge is 0.160 e. The molecule has 3 heterocycles. The van der Waals surface area contributed by atoms with Gasteiger partial charge in [0.25, 0.3) is 0 Å². The van der Waals surface area contributed by atoms with Gasteiger partial charge in [0, 0.05) is 29.6 Å². The van der Waals surface area contributed by atoms with E-state index in [1.165, 1.54) is 4.88 Å². The number of fused-ring (bicyclic) bond motifs is 1. The van der Waals surface area contributed by atoms with Gasteiger partial charge in [-0.1, -0.05) is 0 Å². The highest BCUT2D eigenvalue weighted by molar-refractivity contribution is 7.11. The van der Waals surface area contributed by atoms with Crippen LogP contribution in [0.4, 0.5) is 0 Å². The zero-order chi connectivity index (χ0) is 14.1. The molecule has 0 aromatic carbocycles. The summed E-state index contributed by atoms with van der Waals surface area (Å²) in [5.41, 5.74) is 3.04. The summed E-state index contributed by atoms with van der Waals surface area (Å²) in [6.45, 7) is 4.83. The minimum Gasteiger partial charge on any atom is -0.307 e. The van der Waals surface area contributed by atoms with E-state index in [9.17, 15) is 0 Å². The van der Waals surface area contributed by atoms with E-state index < -0.39 is 0 Å². The monoisotopic (exact) mass is 306 g/mol. The van der Waals surface area contributed by atoms with Crippen molar-refractivity contribution in [2.45, 2.75) is 26.8 Å². The summed E-state index contributed by atoms with van der Waals surface area (Å²) >= 11 is 7.60. The van der Waals surface area contributed by atoms with Gasteiger partial charge in [0.05, 0.1) is 11.6 Å².